The molecule has 0 aliphatic heterocycles. The minimum absolute atomic E-state index is 0.228. The molecule has 35 heavy (non-hydrogen) atoms. The van der Waals surface area contributed by atoms with Crippen LogP contribution in [0, 0.1) is 0 Å². The Morgan fingerprint density at radius 2 is 1.57 bits per heavy atom. The lowest BCUT2D eigenvalue weighted by Gasteiger charge is -2.22. The van der Waals surface area contributed by atoms with Crippen LogP contribution in [-0.4, -0.2) is 30.7 Å². The molecule has 1 aromatic heterocycles. The molecule has 0 atom stereocenters. The van der Waals surface area contributed by atoms with Crippen molar-refractivity contribution in [3.8, 4) is 17.2 Å². The monoisotopic (exact) mass is 510 g/mol. The van der Waals surface area contributed by atoms with Crippen molar-refractivity contribution in [2.24, 2.45) is 0 Å². The lowest BCUT2D eigenvalue weighted by molar-refractivity contribution is 0.0984. The van der Waals surface area contributed by atoms with E-state index in [0.717, 1.165) is 10.3 Å². The van der Waals surface area contributed by atoms with Crippen LogP contribution in [-0.2, 0) is 6.54 Å². The number of fused-ring (bicyclic) bond motifs is 1. The summed E-state index contributed by atoms with van der Waals surface area (Å²) in [7, 11) is 0. The van der Waals surface area contributed by atoms with Crippen LogP contribution in [0.1, 0.15) is 36.7 Å². The third kappa shape index (κ3) is 5.52. The van der Waals surface area contributed by atoms with E-state index in [2.05, 4.69) is 0 Å². The maximum absolute atomic E-state index is 14.0. The summed E-state index contributed by atoms with van der Waals surface area (Å²) in [5.74, 6) is 1.20. The minimum atomic E-state index is -0.228. The van der Waals surface area contributed by atoms with Crippen LogP contribution in [0.3, 0.4) is 0 Å². The van der Waals surface area contributed by atoms with E-state index >= 15 is 0 Å². The zero-order valence-electron chi connectivity index (χ0n) is 19.9. The average Bonchev–Trinajstić information content (AvgIpc) is 3.30. The molecular formula is C27H27ClN2O4S. The van der Waals surface area contributed by atoms with Crippen LogP contribution in [0.15, 0.2) is 60.7 Å². The van der Waals surface area contributed by atoms with Gasteiger partial charge < -0.3 is 14.2 Å². The van der Waals surface area contributed by atoms with E-state index in [-0.39, 0.29) is 5.91 Å². The number of nitrogens with zero attached hydrogens (tertiary/aromatic N) is 2. The number of hydrogen-bond donors (Lipinski definition) is 0. The Morgan fingerprint density at radius 1 is 0.914 bits per heavy atom. The number of carbonyl (C=O) groups is 1. The number of ether oxygens (including phenoxy) is 3. The second-order valence-electron chi connectivity index (χ2n) is 7.56. The fraction of sp³-hybridized carbons (Fsp3) is 0.259. The van der Waals surface area contributed by atoms with E-state index < -0.39 is 0 Å². The molecule has 1 heterocycles. The number of thiazole rings is 1. The zero-order valence-corrected chi connectivity index (χ0v) is 21.5. The standard InChI is InChI=1S/C27H27ClN2O4S/c1-4-32-21-15-19(16-22(33-5-2)25(21)34-6-3)26(31)30(17-18-11-8-7-9-12-18)27-29-24-20(28)13-10-14-23(24)35-27/h7-16H,4-6,17H2,1-3H3. The fourth-order valence-corrected chi connectivity index (χ4v) is 4.94. The molecule has 0 N–H and O–H groups in total. The molecule has 8 heteroatoms. The van der Waals surface area contributed by atoms with Gasteiger partial charge in [-0.2, -0.15) is 0 Å². The second kappa shape index (κ2) is 11.4. The zero-order chi connectivity index (χ0) is 24.8. The molecule has 0 spiro atoms. The van der Waals surface area contributed by atoms with Crippen LogP contribution in [0.25, 0.3) is 10.2 Å². The van der Waals surface area contributed by atoms with Crippen molar-refractivity contribution in [2.45, 2.75) is 27.3 Å². The quantitative estimate of drug-likeness (QED) is 0.230. The molecule has 0 saturated carbocycles. The third-order valence-electron chi connectivity index (χ3n) is 5.17. The second-order valence-corrected chi connectivity index (χ2v) is 8.98. The molecule has 0 radical (unpaired) electrons. The molecular weight excluding hydrogens is 484 g/mol. The van der Waals surface area contributed by atoms with Gasteiger partial charge in [0.25, 0.3) is 5.91 Å². The summed E-state index contributed by atoms with van der Waals surface area (Å²) in [6.07, 6.45) is 0. The minimum Gasteiger partial charge on any atom is -0.490 e. The Hall–Kier alpha value is -3.29. The van der Waals surface area contributed by atoms with Crippen molar-refractivity contribution in [1.82, 2.24) is 4.98 Å². The molecule has 0 aliphatic rings. The van der Waals surface area contributed by atoms with Gasteiger partial charge in [0.05, 0.1) is 36.1 Å². The van der Waals surface area contributed by atoms with Crippen LogP contribution < -0.4 is 19.1 Å². The lowest BCUT2D eigenvalue weighted by atomic mass is 10.1. The first-order valence-corrected chi connectivity index (χ1v) is 12.7. The van der Waals surface area contributed by atoms with Gasteiger partial charge >= 0.3 is 0 Å². The summed E-state index contributed by atoms with van der Waals surface area (Å²) in [5.41, 5.74) is 2.07. The van der Waals surface area contributed by atoms with Gasteiger partial charge in [-0.05, 0) is 50.6 Å². The Labute approximate surface area is 214 Å². The number of para-hydroxylation sites is 1. The maximum Gasteiger partial charge on any atom is 0.260 e. The van der Waals surface area contributed by atoms with Gasteiger partial charge in [0.15, 0.2) is 16.6 Å². The Kier molecular flexibility index (Phi) is 8.10. The number of benzene rings is 3. The fourth-order valence-electron chi connectivity index (χ4n) is 3.68. The molecule has 0 saturated heterocycles. The first-order chi connectivity index (χ1) is 17.0. The molecule has 4 rings (SSSR count). The number of hydrogen-bond acceptors (Lipinski definition) is 6. The predicted molar refractivity (Wildman–Crippen MR) is 142 cm³/mol. The Bertz CT molecular complexity index is 1280. The van der Waals surface area contributed by atoms with Crippen molar-refractivity contribution >= 4 is 44.2 Å². The number of halogens is 1. The normalized spacial score (nSPS) is 10.9. The van der Waals surface area contributed by atoms with Gasteiger partial charge in [0.1, 0.15) is 5.52 Å². The van der Waals surface area contributed by atoms with Crippen LogP contribution in [0.4, 0.5) is 5.13 Å². The maximum atomic E-state index is 14.0. The molecule has 0 unspecified atom stereocenters. The summed E-state index contributed by atoms with van der Waals surface area (Å²) in [6.45, 7) is 7.30. The van der Waals surface area contributed by atoms with Gasteiger partial charge in [-0.1, -0.05) is 59.3 Å². The molecule has 0 bridgehead atoms. The predicted octanol–water partition coefficient (Wildman–Crippen LogP) is 6.99. The van der Waals surface area contributed by atoms with E-state index in [1.54, 1.807) is 23.1 Å². The smallest absolute Gasteiger partial charge is 0.260 e. The highest BCUT2D eigenvalue weighted by Crippen LogP contribution is 2.40. The van der Waals surface area contributed by atoms with Gasteiger partial charge in [-0.15, -0.1) is 0 Å². The summed E-state index contributed by atoms with van der Waals surface area (Å²) < 4.78 is 18.4. The number of anilines is 1. The third-order valence-corrected chi connectivity index (χ3v) is 6.52. The van der Waals surface area contributed by atoms with Crippen molar-refractivity contribution in [3.05, 3.63) is 76.8 Å². The first kappa shape index (κ1) is 24.8. The highest BCUT2D eigenvalue weighted by Gasteiger charge is 2.26. The Balaban J connectivity index is 1.82. The van der Waals surface area contributed by atoms with Crippen LogP contribution in [0.5, 0.6) is 17.2 Å². The summed E-state index contributed by atoms with van der Waals surface area (Å²) in [4.78, 5) is 20.4. The van der Waals surface area contributed by atoms with E-state index in [9.17, 15) is 4.79 Å². The molecule has 3 aromatic carbocycles. The van der Waals surface area contributed by atoms with Crippen LogP contribution in [0.2, 0.25) is 5.02 Å². The molecule has 0 fully saturated rings. The number of rotatable bonds is 10. The number of aromatic nitrogens is 1. The first-order valence-electron chi connectivity index (χ1n) is 11.5. The van der Waals surface area contributed by atoms with E-state index in [0.29, 0.717) is 64.8 Å². The molecule has 182 valence electrons. The molecule has 6 nitrogen and oxygen atoms in total. The van der Waals surface area contributed by atoms with Crippen molar-refractivity contribution in [2.75, 3.05) is 24.7 Å². The molecule has 0 aliphatic carbocycles. The summed E-state index contributed by atoms with van der Waals surface area (Å²) in [5, 5.41) is 1.11. The topological polar surface area (TPSA) is 60.9 Å². The van der Waals surface area contributed by atoms with Gasteiger partial charge in [-0.25, -0.2) is 4.98 Å². The highest BCUT2D eigenvalue weighted by molar-refractivity contribution is 7.22. The van der Waals surface area contributed by atoms with Crippen LogP contribution >= 0.6 is 22.9 Å². The summed E-state index contributed by atoms with van der Waals surface area (Å²) in [6, 6.07) is 18.8. The largest absolute Gasteiger partial charge is 0.490 e. The number of amides is 1. The van der Waals surface area contributed by atoms with E-state index in [1.165, 1.54) is 11.3 Å². The van der Waals surface area contributed by atoms with Crippen molar-refractivity contribution in [3.63, 3.8) is 0 Å². The van der Waals surface area contributed by atoms with Gasteiger partial charge in [0.2, 0.25) is 5.75 Å². The molecule has 1 amide bonds. The van der Waals surface area contributed by atoms with E-state index in [1.807, 2.05) is 63.2 Å². The average molecular weight is 511 g/mol. The van der Waals surface area contributed by atoms with Crippen molar-refractivity contribution < 1.29 is 19.0 Å². The Morgan fingerprint density at radius 3 is 2.17 bits per heavy atom. The van der Waals surface area contributed by atoms with Gasteiger partial charge in [0, 0.05) is 5.56 Å². The number of carbonyl (C=O) groups excluding carboxylic acids is 1. The van der Waals surface area contributed by atoms with Gasteiger partial charge in [-0.3, -0.25) is 9.69 Å². The van der Waals surface area contributed by atoms with E-state index in [4.69, 9.17) is 30.8 Å². The summed E-state index contributed by atoms with van der Waals surface area (Å²) >= 11 is 7.81. The lowest BCUT2D eigenvalue weighted by Crippen LogP contribution is -2.30. The SMILES string of the molecule is CCOc1cc(C(=O)N(Cc2ccccc2)c2nc3c(Cl)cccc3s2)cc(OCC)c1OCC. The molecule has 4 aromatic rings. The van der Waals surface area contributed by atoms with Crippen molar-refractivity contribution in [1.29, 1.82) is 0 Å². The highest BCUT2D eigenvalue weighted by atomic mass is 35.5.